The molecule has 3 aromatic rings. The van der Waals surface area contributed by atoms with Crippen molar-refractivity contribution in [2.75, 3.05) is 0 Å². The Morgan fingerprint density at radius 2 is 1.89 bits per heavy atom. The van der Waals surface area contributed by atoms with Crippen LogP contribution in [0.2, 0.25) is 0 Å². The number of aromatic nitrogens is 1. The maximum Gasteiger partial charge on any atom is 0.124 e. The number of aliphatic imine (C=N–C) groups is 1. The molecule has 0 bridgehead atoms. The van der Waals surface area contributed by atoms with Gasteiger partial charge >= 0.3 is 0 Å². The summed E-state index contributed by atoms with van der Waals surface area (Å²) in [7, 11) is 0. The molecule has 1 heterocycles. The lowest BCUT2D eigenvalue weighted by atomic mass is 10.2. The molecule has 0 radical (unpaired) electrons. The van der Waals surface area contributed by atoms with Gasteiger partial charge in [-0.05, 0) is 55.8 Å². The van der Waals surface area contributed by atoms with Gasteiger partial charge in [0.15, 0.2) is 0 Å². The van der Waals surface area contributed by atoms with Gasteiger partial charge < -0.3 is 0 Å². The van der Waals surface area contributed by atoms with Crippen molar-refractivity contribution in [1.29, 1.82) is 0 Å². The zero-order chi connectivity index (χ0) is 13.2. The zero-order valence-electron chi connectivity index (χ0n) is 10.9. The lowest BCUT2D eigenvalue weighted by Gasteiger charge is -1.96. The Hall–Kier alpha value is -2.00. The van der Waals surface area contributed by atoms with Crippen LogP contribution in [0.25, 0.3) is 20.8 Å². The summed E-state index contributed by atoms with van der Waals surface area (Å²) in [6, 6.07) is 14.6. The molecule has 2 aromatic carbocycles. The number of nitrogens with zero attached hydrogens (tertiary/aromatic N) is 2. The highest BCUT2D eigenvalue weighted by atomic mass is 32.1. The Bertz CT molecular complexity index is 739. The molecule has 3 heteroatoms. The minimum atomic E-state index is 0.975. The molecule has 0 saturated carbocycles. The number of rotatable bonds is 2. The molecule has 0 N–H and O–H groups in total. The van der Waals surface area contributed by atoms with Crippen LogP contribution in [0.5, 0.6) is 0 Å². The second-order valence-electron chi connectivity index (χ2n) is 4.42. The van der Waals surface area contributed by atoms with Gasteiger partial charge in [0, 0.05) is 11.8 Å². The normalized spacial score (nSPS) is 11.5. The minimum Gasteiger partial charge on any atom is -0.262 e. The average molecular weight is 266 g/mol. The third kappa shape index (κ3) is 2.42. The van der Waals surface area contributed by atoms with Crippen LogP contribution >= 0.6 is 11.3 Å². The topological polar surface area (TPSA) is 25.2 Å². The van der Waals surface area contributed by atoms with Gasteiger partial charge in [-0.2, -0.15) is 0 Å². The Kier molecular flexibility index (Phi) is 3.13. The van der Waals surface area contributed by atoms with E-state index < -0.39 is 0 Å². The molecule has 19 heavy (non-hydrogen) atoms. The first-order valence-corrected chi connectivity index (χ1v) is 7.04. The molecule has 0 spiro atoms. The molecule has 3 rings (SSSR count). The maximum atomic E-state index is 4.68. The van der Waals surface area contributed by atoms with Crippen molar-refractivity contribution in [3.63, 3.8) is 0 Å². The summed E-state index contributed by atoms with van der Waals surface area (Å²) in [5, 5.41) is 1.06. The smallest absolute Gasteiger partial charge is 0.124 e. The first-order valence-electron chi connectivity index (χ1n) is 6.22. The van der Waals surface area contributed by atoms with Crippen LogP contribution < -0.4 is 0 Å². The van der Waals surface area contributed by atoms with E-state index in [0.29, 0.717) is 0 Å². The van der Waals surface area contributed by atoms with Gasteiger partial charge in [-0.1, -0.05) is 6.07 Å². The van der Waals surface area contributed by atoms with Crippen LogP contribution in [0.15, 0.2) is 47.5 Å². The van der Waals surface area contributed by atoms with Gasteiger partial charge in [0.25, 0.3) is 0 Å². The van der Waals surface area contributed by atoms with Crippen LogP contribution in [-0.4, -0.2) is 11.2 Å². The summed E-state index contributed by atoms with van der Waals surface area (Å²) in [6.07, 6.45) is 1.80. The van der Waals surface area contributed by atoms with Crippen LogP contribution in [-0.2, 0) is 0 Å². The summed E-state index contributed by atoms with van der Waals surface area (Å²) in [6.45, 7) is 4.03. The molecule has 0 aliphatic rings. The molecule has 0 amide bonds. The molecule has 94 valence electrons. The number of hydrogen-bond donors (Lipinski definition) is 0. The number of hydrogen-bond acceptors (Lipinski definition) is 3. The average Bonchev–Trinajstić information content (AvgIpc) is 2.83. The van der Waals surface area contributed by atoms with Crippen LogP contribution in [0, 0.1) is 6.92 Å². The summed E-state index contributed by atoms with van der Waals surface area (Å²) in [4.78, 5) is 8.93. The van der Waals surface area contributed by atoms with E-state index in [2.05, 4.69) is 47.2 Å². The monoisotopic (exact) mass is 266 g/mol. The highest BCUT2D eigenvalue weighted by molar-refractivity contribution is 7.21. The van der Waals surface area contributed by atoms with E-state index in [0.717, 1.165) is 21.8 Å². The fourth-order valence-electron chi connectivity index (χ4n) is 1.99. The number of aryl methyl sites for hydroxylation is 1. The summed E-state index contributed by atoms with van der Waals surface area (Å²) in [5.74, 6) is 0. The van der Waals surface area contributed by atoms with Gasteiger partial charge in [-0.25, -0.2) is 4.98 Å². The van der Waals surface area contributed by atoms with Crippen molar-refractivity contribution >= 4 is 33.5 Å². The van der Waals surface area contributed by atoms with Crippen molar-refractivity contribution in [3.05, 3.63) is 48.0 Å². The first-order chi connectivity index (χ1) is 9.26. The largest absolute Gasteiger partial charge is 0.262 e. The van der Waals surface area contributed by atoms with Gasteiger partial charge in [0.05, 0.1) is 15.9 Å². The van der Waals surface area contributed by atoms with Crippen molar-refractivity contribution < 1.29 is 0 Å². The van der Waals surface area contributed by atoms with Crippen LogP contribution in [0.1, 0.15) is 12.5 Å². The zero-order valence-corrected chi connectivity index (χ0v) is 11.7. The van der Waals surface area contributed by atoms with Crippen LogP contribution in [0.4, 0.5) is 5.69 Å². The van der Waals surface area contributed by atoms with Crippen molar-refractivity contribution in [1.82, 2.24) is 4.98 Å². The Morgan fingerprint density at radius 1 is 1.11 bits per heavy atom. The van der Waals surface area contributed by atoms with E-state index in [1.54, 1.807) is 17.6 Å². The predicted octanol–water partition coefficient (Wildman–Crippen LogP) is 4.99. The van der Waals surface area contributed by atoms with Gasteiger partial charge in [-0.15, -0.1) is 11.3 Å². The second kappa shape index (κ2) is 4.94. The molecule has 0 aliphatic heterocycles. The van der Waals surface area contributed by atoms with Crippen molar-refractivity contribution in [2.45, 2.75) is 13.8 Å². The van der Waals surface area contributed by atoms with E-state index in [4.69, 9.17) is 0 Å². The fraction of sp³-hybridized carbons (Fsp3) is 0.125. The Balaban J connectivity index is 2.03. The van der Waals surface area contributed by atoms with Gasteiger partial charge in [-0.3, -0.25) is 4.99 Å². The van der Waals surface area contributed by atoms with E-state index in [1.165, 1.54) is 10.3 Å². The molecule has 0 saturated heterocycles. The van der Waals surface area contributed by atoms with Gasteiger partial charge in [0.1, 0.15) is 5.01 Å². The third-order valence-corrected chi connectivity index (χ3v) is 4.00. The standard InChI is InChI=1S/C16H14N2S/c1-3-17-13-7-5-12(6-8-13)16-18-14-9-4-11(2)10-15(14)19-16/h3-10H,1-2H3. The summed E-state index contributed by atoms with van der Waals surface area (Å²) >= 11 is 1.73. The molecule has 2 nitrogen and oxygen atoms in total. The molecular weight excluding hydrogens is 252 g/mol. The highest BCUT2D eigenvalue weighted by Gasteiger charge is 2.06. The Morgan fingerprint density at radius 3 is 2.63 bits per heavy atom. The van der Waals surface area contributed by atoms with E-state index >= 15 is 0 Å². The first kappa shape index (κ1) is 12.1. The lowest BCUT2D eigenvalue weighted by Crippen LogP contribution is -1.75. The lowest BCUT2D eigenvalue weighted by molar-refractivity contribution is 1.45. The predicted molar refractivity (Wildman–Crippen MR) is 83.6 cm³/mol. The highest BCUT2D eigenvalue weighted by Crippen LogP contribution is 2.31. The molecule has 1 aromatic heterocycles. The Labute approximate surface area is 116 Å². The van der Waals surface area contributed by atoms with Crippen LogP contribution in [0.3, 0.4) is 0 Å². The molecule has 0 unspecified atom stereocenters. The summed E-state index contributed by atoms with van der Waals surface area (Å²) in [5.41, 5.74) is 4.47. The number of benzene rings is 2. The molecule has 0 atom stereocenters. The van der Waals surface area contributed by atoms with E-state index in [9.17, 15) is 0 Å². The van der Waals surface area contributed by atoms with E-state index in [-0.39, 0.29) is 0 Å². The molecular formula is C16H14N2S. The minimum absolute atomic E-state index is 0.975. The second-order valence-corrected chi connectivity index (χ2v) is 5.46. The molecule has 0 aliphatic carbocycles. The van der Waals surface area contributed by atoms with Gasteiger partial charge in [0.2, 0.25) is 0 Å². The van der Waals surface area contributed by atoms with Crippen molar-refractivity contribution in [3.8, 4) is 10.6 Å². The quantitative estimate of drug-likeness (QED) is 0.599. The maximum absolute atomic E-state index is 4.68. The SMILES string of the molecule is CC=Nc1ccc(-c2nc3ccc(C)cc3s2)cc1. The fourth-order valence-corrected chi connectivity index (χ4v) is 3.06. The number of fused-ring (bicyclic) bond motifs is 1. The summed E-state index contributed by atoms with van der Waals surface area (Å²) < 4.78 is 1.24. The number of thiazole rings is 1. The van der Waals surface area contributed by atoms with Crippen molar-refractivity contribution in [2.24, 2.45) is 4.99 Å². The molecule has 0 fully saturated rings. The third-order valence-electron chi connectivity index (χ3n) is 2.94. The van der Waals surface area contributed by atoms with E-state index in [1.807, 2.05) is 19.1 Å².